The molecule has 18 heavy (non-hydrogen) atoms. The van der Waals surface area contributed by atoms with Gasteiger partial charge in [-0.05, 0) is 38.6 Å². The van der Waals surface area contributed by atoms with Crippen molar-refractivity contribution in [3.8, 4) is 0 Å². The van der Waals surface area contributed by atoms with Crippen LogP contribution in [-0.4, -0.2) is 31.7 Å². The monoisotopic (exact) mass is 278 g/mol. The third-order valence-corrected chi connectivity index (χ3v) is 3.45. The van der Waals surface area contributed by atoms with Crippen LogP contribution in [0.15, 0.2) is 0 Å². The first-order chi connectivity index (χ1) is 8.27. The molecule has 0 bridgehead atoms. The van der Waals surface area contributed by atoms with Gasteiger partial charge in [0.15, 0.2) is 0 Å². The molecule has 0 aromatic heterocycles. The fraction of sp³-hybridized carbons (Fsp3) is 0.923. The smallest absolute Gasteiger partial charge is 0.220 e. The molecular weight excluding hydrogens is 252 g/mol. The number of amides is 1. The standard InChI is InChI=1S/C13H26N2O2.ClH/c1-2-17-9-5-8-13(16)15-12-7-4-3-6-11(12)10-14;/h11-12H,2-10,14H2,1H3,(H,15,16);1H. The topological polar surface area (TPSA) is 64.3 Å². The third-order valence-electron chi connectivity index (χ3n) is 3.45. The number of carbonyl (C=O) groups excluding carboxylic acids is 1. The van der Waals surface area contributed by atoms with Gasteiger partial charge in [0, 0.05) is 25.7 Å². The molecule has 1 aliphatic carbocycles. The quantitative estimate of drug-likeness (QED) is 0.699. The molecule has 0 aromatic rings. The minimum absolute atomic E-state index is 0. The Balaban J connectivity index is 0.00000289. The van der Waals surface area contributed by atoms with Crippen molar-refractivity contribution in [3.05, 3.63) is 0 Å². The highest BCUT2D eigenvalue weighted by Crippen LogP contribution is 2.23. The van der Waals surface area contributed by atoms with Crippen LogP contribution in [0.25, 0.3) is 0 Å². The Morgan fingerprint density at radius 1 is 1.39 bits per heavy atom. The SMILES string of the molecule is CCOCCCC(=O)NC1CCCCC1CN.Cl. The molecule has 1 rings (SSSR count). The number of ether oxygens (including phenoxy) is 1. The first-order valence-corrected chi connectivity index (χ1v) is 6.85. The average Bonchev–Trinajstić information content (AvgIpc) is 2.35. The van der Waals surface area contributed by atoms with E-state index in [9.17, 15) is 4.79 Å². The van der Waals surface area contributed by atoms with Crippen LogP contribution in [0.2, 0.25) is 0 Å². The second-order valence-corrected chi connectivity index (χ2v) is 4.75. The molecule has 0 spiro atoms. The average molecular weight is 279 g/mol. The van der Waals surface area contributed by atoms with Crippen LogP contribution >= 0.6 is 12.4 Å². The number of hydrogen-bond acceptors (Lipinski definition) is 3. The summed E-state index contributed by atoms with van der Waals surface area (Å²) in [4.78, 5) is 11.7. The van der Waals surface area contributed by atoms with Crippen LogP contribution < -0.4 is 11.1 Å². The summed E-state index contributed by atoms with van der Waals surface area (Å²) in [7, 11) is 0. The second-order valence-electron chi connectivity index (χ2n) is 4.75. The Labute approximate surface area is 116 Å². The van der Waals surface area contributed by atoms with Crippen LogP contribution in [0.1, 0.15) is 45.4 Å². The Hall–Kier alpha value is -0.320. The molecule has 3 N–H and O–H groups in total. The minimum atomic E-state index is 0. The van der Waals surface area contributed by atoms with Crippen molar-refractivity contribution >= 4 is 18.3 Å². The normalized spacial score (nSPS) is 23.2. The van der Waals surface area contributed by atoms with Crippen LogP contribution in [0, 0.1) is 5.92 Å². The summed E-state index contributed by atoms with van der Waals surface area (Å²) in [5.41, 5.74) is 5.74. The van der Waals surface area contributed by atoms with Gasteiger partial charge in [-0.1, -0.05) is 12.8 Å². The van der Waals surface area contributed by atoms with Gasteiger partial charge in [0.2, 0.25) is 5.91 Å². The highest BCUT2D eigenvalue weighted by atomic mass is 35.5. The molecule has 1 aliphatic rings. The van der Waals surface area contributed by atoms with E-state index in [2.05, 4.69) is 5.32 Å². The van der Waals surface area contributed by atoms with Crippen LogP contribution in [0.3, 0.4) is 0 Å². The molecule has 1 fully saturated rings. The zero-order valence-corrected chi connectivity index (χ0v) is 12.1. The van der Waals surface area contributed by atoms with E-state index in [4.69, 9.17) is 10.5 Å². The lowest BCUT2D eigenvalue weighted by molar-refractivity contribution is -0.122. The molecular formula is C13H27ClN2O2. The largest absolute Gasteiger partial charge is 0.382 e. The van der Waals surface area contributed by atoms with Crippen molar-refractivity contribution in [1.82, 2.24) is 5.32 Å². The Morgan fingerprint density at radius 3 is 2.78 bits per heavy atom. The summed E-state index contributed by atoms with van der Waals surface area (Å²) >= 11 is 0. The molecule has 108 valence electrons. The maximum Gasteiger partial charge on any atom is 0.220 e. The zero-order chi connectivity index (χ0) is 12.5. The second kappa shape index (κ2) is 10.6. The molecule has 0 radical (unpaired) electrons. The zero-order valence-electron chi connectivity index (χ0n) is 11.3. The molecule has 0 saturated heterocycles. The van der Waals surface area contributed by atoms with Crippen molar-refractivity contribution in [1.29, 1.82) is 0 Å². The lowest BCUT2D eigenvalue weighted by atomic mass is 9.84. The summed E-state index contributed by atoms with van der Waals surface area (Å²) in [5.74, 6) is 0.620. The van der Waals surface area contributed by atoms with Crippen molar-refractivity contribution in [3.63, 3.8) is 0 Å². The first kappa shape index (κ1) is 17.7. The first-order valence-electron chi connectivity index (χ1n) is 6.85. The van der Waals surface area contributed by atoms with Crippen LogP contribution in [0.4, 0.5) is 0 Å². The molecule has 1 amide bonds. The maximum atomic E-state index is 11.7. The lowest BCUT2D eigenvalue weighted by Crippen LogP contribution is -2.44. The molecule has 5 heteroatoms. The maximum absolute atomic E-state index is 11.7. The van der Waals surface area contributed by atoms with Gasteiger partial charge in [0.25, 0.3) is 0 Å². The molecule has 0 aliphatic heterocycles. The Morgan fingerprint density at radius 2 is 2.11 bits per heavy atom. The number of halogens is 1. The predicted molar refractivity (Wildman–Crippen MR) is 75.9 cm³/mol. The number of carbonyl (C=O) groups is 1. The molecule has 4 nitrogen and oxygen atoms in total. The van der Waals surface area contributed by atoms with E-state index in [0.717, 1.165) is 25.9 Å². The fourth-order valence-corrected chi connectivity index (χ4v) is 2.44. The predicted octanol–water partition coefficient (Wildman–Crippen LogP) is 1.86. The van der Waals surface area contributed by atoms with Gasteiger partial charge in [-0.25, -0.2) is 0 Å². The van der Waals surface area contributed by atoms with E-state index in [1.165, 1.54) is 12.8 Å². The summed E-state index contributed by atoms with van der Waals surface area (Å²) < 4.78 is 5.22. The van der Waals surface area contributed by atoms with Crippen LogP contribution in [0.5, 0.6) is 0 Å². The molecule has 0 aromatic carbocycles. The summed E-state index contributed by atoms with van der Waals surface area (Å²) in [6.45, 7) is 4.05. The van der Waals surface area contributed by atoms with E-state index in [-0.39, 0.29) is 18.3 Å². The van der Waals surface area contributed by atoms with E-state index in [1.807, 2.05) is 6.92 Å². The highest BCUT2D eigenvalue weighted by Gasteiger charge is 2.24. The van der Waals surface area contributed by atoms with Gasteiger partial charge in [0.05, 0.1) is 0 Å². The van der Waals surface area contributed by atoms with Gasteiger partial charge in [-0.3, -0.25) is 4.79 Å². The van der Waals surface area contributed by atoms with Crippen molar-refractivity contribution in [2.45, 2.75) is 51.5 Å². The Kier molecular flexibility index (Phi) is 10.4. The molecule has 1 saturated carbocycles. The number of nitrogens with two attached hydrogens (primary N) is 1. The molecule has 2 unspecified atom stereocenters. The van der Waals surface area contributed by atoms with Crippen molar-refractivity contribution in [2.24, 2.45) is 11.7 Å². The van der Waals surface area contributed by atoms with Gasteiger partial charge in [-0.15, -0.1) is 12.4 Å². The van der Waals surface area contributed by atoms with Crippen molar-refractivity contribution in [2.75, 3.05) is 19.8 Å². The summed E-state index contributed by atoms with van der Waals surface area (Å²) in [6.07, 6.45) is 6.06. The van der Waals surface area contributed by atoms with Gasteiger partial charge in [-0.2, -0.15) is 0 Å². The highest BCUT2D eigenvalue weighted by molar-refractivity contribution is 5.85. The summed E-state index contributed by atoms with van der Waals surface area (Å²) in [6, 6.07) is 0.299. The van der Waals surface area contributed by atoms with Gasteiger partial charge in [0.1, 0.15) is 0 Å². The minimum Gasteiger partial charge on any atom is -0.382 e. The van der Waals surface area contributed by atoms with Crippen LogP contribution in [-0.2, 0) is 9.53 Å². The fourth-order valence-electron chi connectivity index (χ4n) is 2.44. The van der Waals surface area contributed by atoms with E-state index >= 15 is 0 Å². The van der Waals surface area contributed by atoms with Gasteiger partial charge < -0.3 is 15.8 Å². The van der Waals surface area contributed by atoms with E-state index in [0.29, 0.717) is 31.5 Å². The van der Waals surface area contributed by atoms with E-state index in [1.54, 1.807) is 0 Å². The lowest BCUT2D eigenvalue weighted by Gasteiger charge is -2.31. The van der Waals surface area contributed by atoms with Crippen molar-refractivity contribution < 1.29 is 9.53 Å². The molecule has 2 atom stereocenters. The van der Waals surface area contributed by atoms with E-state index < -0.39 is 0 Å². The van der Waals surface area contributed by atoms with Gasteiger partial charge >= 0.3 is 0 Å². The number of nitrogens with one attached hydrogen (secondary N) is 1. The number of rotatable bonds is 7. The summed E-state index contributed by atoms with van der Waals surface area (Å²) in [5, 5.41) is 3.12. The molecule has 0 heterocycles. The number of hydrogen-bond donors (Lipinski definition) is 2. The Bertz CT molecular complexity index is 227. The third kappa shape index (κ3) is 6.57.